The molecule has 0 bridgehead atoms. The quantitative estimate of drug-likeness (QED) is 0.500. The Hall–Kier alpha value is -3.21. The Kier molecular flexibility index (Phi) is 6.07. The van der Waals surface area contributed by atoms with E-state index >= 15 is 0 Å². The van der Waals surface area contributed by atoms with Crippen molar-refractivity contribution in [1.82, 2.24) is 4.98 Å². The van der Waals surface area contributed by atoms with Gasteiger partial charge in [-0.25, -0.2) is 9.37 Å². The van der Waals surface area contributed by atoms with Gasteiger partial charge in [-0.05, 0) is 72.9 Å². The van der Waals surface area contributed by atoms with Crippen LogP contribution in [-0.2, 0) is 4.79 Å². The van der Waals surface area contributed by atoms with Crippen LogP contribution in [0, 0.1) is 11.7 Å². The number of pyridine rings is 1. The molecule has 3 aromatic rings. The van der Waals surface area contributed by atoms with Crippen LogP contribution in [0.5, 0.6) is 0 Å². The second-order valence-electron chi connectivity index (χ2n) is 7.97. The van der Waals surface area contributed by atoms with E-state index in [0.717, 1.165) is 36.8 Å². The van der Waals surface area contributed by atoms with Gasteiger partial charge in [0.2, 0.25) is 0 Å². The molecule has 1 aliphatic carbocycles. The zero-order valence-electron chi connectivity index (χ0n) is 16.7. The molecule has 1 fully saturated rings. The number of anilines is 2. The molecule has 4 nitrogen and oxygen atoms in total. The van der Waals surface area contributed by atoms with Gasteiger partial charge in [-0.1, -0.05) is 36.4 Å². The Morgan fingerprint density at radius 3 is 2.30 bits per heavy atom. The van der Waals surface area contributed by atoms with Crippen molar-refractivity contribution in [2.45, 2.75) is 38.0 Å². The third kappa shape index (κ3) is 4.85. The molecule has 1 heterocycles. The molecule has 0 unspecified atom stereocenters. The fourth-order valence-electron chi connectivity index (χ4n) is 4.23. The van der Waals surface area contributed by atoms with Crippen LogP contribution in [0.3, 0.4) is 0 Å². The smallest absolute Gasteiger partial charge is 0.303 e. The van der Waals surface area contributed by atoms with Crippen molar-refractivity contribution < 1.29 is 14.3 Å². The third-order valence-electron chi connectivity index (χ3n) is 5.93. The van der Waals surface area contributed by atoms with E-state index in [-0.39, 0.29) is 5.82 Å². The summed E-state index contributed by atoms with van der Waals surface area (Å²) in [6, 6.07) is 18.9. The first-order chi connectivity index (χ1) is 14.6. The van der Waals surface area contributed by atoms with Crippen molar-refractivity contribution in [3.05, 3.63) is 78.2 Å². The summed E-state index contributed by atoms with van der Waals surface area (Å²) in [5, 5.41) is 12.0. The zero-order chi connectivity index (χ0) is 20.9. The Balaban J connectivity index is 1.38. The average molecular weight is 404 g/mol. The largest absolute Gasteiger partial charge is 0.481 e. The summed E-state index contributed by atoms with van der Waals surface area (Å²) in [6.07, 6.45) is 6.15. The highest BCUT2D eigenvalue weighted by atomic mass is 19.1. The Morgan fingerprint density at radius 2 is 1.67 bits per heavy atom. The highest BCUT2D eigenvalue weighted by Gasteiger charge is 2.23. The van der Waals surface area contributed by atoms with E-state index in [9.17, 15) is 9.18 Å². The summed E-state index contributed by atoms with van der Waals surface area (Å²) in [6.45, 7) is 0. The predicted octanol–water partition coefficient (Wildman–Crippen LogP) is 6.38. The Labute approximate surface area is 175 Å². The molecule has 0 aliphatic heterocycles. The van der Waals surface area contributed by atoms with Gasteiger partial charge in [0.15, 0.2) is 0 Å². The van der Waals surface area contributed by atoms with E-state index in [0.29, 0.717) is 29.8 Å². The van der Waals surface area contributed by atoms with E-state index in [1.54, 1.807) is 24.4 Å². The van der Waals surface area contributed by atoms with Crippen molar-refractivity contribution in [3.8, 4) is 11.1 Å². The first-order valence-corrected chi connectivity index (χ1v) is 10.4. The lowest BCUT2D eigenvalue weighted by Gasteiger charge is -2.28. The number of rotatable bonds is 6. The number of hydrogen-bond donors (Lipinski definition) is 2. The van der Waals surface area contributed by atoms with Gasteiger partial charge < -0.3 is 10.4 Å². The first-order valence-electron chi connectivity index (χ1n) is 10.4. The maximum absolute atomic E-state index is 13.8. The minimum Gasteiger partial charge on any atom is -0.481 e. The molecule has 0 radical (unpaired) electrons. The van der Waals surface area contributed by atoms with Gasteiger partial charge in [0.1, 0.15) is 11.6 Å². The van der Waals surface area contributed by atoms with Gasteiger partial charge in [-0.2, -0.15) is 0 Å². The molecular formula is C25H25FN2O2. The highest BCUT2D eigenvalue weighted by Crippen LogP contribution is 2.37. The second kappa shape index (κ2) is 9.08. The molecule has 0 atom stereocenters. The number of hydrogen-bond acceptors (Lipinski definition) is 3. The van der Waals surface area contributed by atoms with Crippen LogP contribution in [0.4, 0.5) is 15.9 Å². The zero-order valence-corrected chi connectivity index (χ0v) is 16.7. The Bertz CT molecular complexity index is 994. The first kappa shape index (κ1) is 20.1. The number of para-hydroxylation sites is 1. The monoisotopic (exact) mass is 404 g/mol. The summed E-state index contributed by atoms with van der Waals surface area (Å²) in [7, 11) is 0. The maximum atomic E-state index is 13.8. The van der Waals surface area contributed by atoms with Gasteiger partial charge in [-0.3, -0.25) is 4.79 Å². The molecular weight excluding hydrogens is 379 g/mol. The lowest BCUT2D eigenvalue weighted by Crippen LogP contribution is -2.16. The number of carboxylic acid groups (broad SMARTS) is 1. The summed E-state index contributed by atoms with van der Waals surface area (Å²) in [5.41, 5.74) is 3.81. The van der Waals surface area contributed by atoms with Crippen LogP contribution in [0.25, 0.3) is 11.1 Å². The van der Waals surface area contributed by atoms with Gasteiger partial charge in [-0.15, -0.1) is 0 Å². The van der Waals surface area contributed by atoms with E-state index < -0.39 is 5.97 Å². The van der Waals surface area contributed by atoms with Crippen molar-refractivity contribution in [2.75, 3.05) is 5.32 Å². The van der Waals surface area contributed by atoms with Crippen LogP contribution >= 0.6 is 0 Å². The molecule has 0 amide bonds. The van der Waals surface area contributed by atoms with Crippen LogP contribution in [0.1, 0.15) is 43.6 Å². The number of halogens is 1. The fraction of sp³-hybridized carbons (Fsp3) is 0.280. The number of aromatic nitrogens is 1. The molecule has 4 rings (SSSR count). The molecule has 1 aliphatic rings. The van der Waals surface area contributed by atoms with E-state index in [1.165, 1.54) is 11.6 Å². The van der Waals surface area contributed by atoms with Crippen molar-refractivity contribution in [3.63, 3.8) is 0 Å². The number of nitrogens with one attached hydrogen (secondary N) is 1. The standard InChI is InChI=1S/C25H25FN2O2/c26-22-3-1-2-4-23(22)28-24-14-13-21(16-27-24)20-11-9-19(10-12-20)18-7-5-17(6-8-18)15-25(29)30/h1-4,9-14,16-18H,5-8,15H2,(H,27,28)(H,29,30). The normalized spacial score (nSPS) is 18.7. The summed E-state index contributed by atoms with van der Waals surface area (Å²) in [4.78, 5) is 15.3. The van der Waals surface area contributed by atoms with Crippen LogP contribution in [0.15, 0.2) is 66.9 Å². The number of benzene rings is 2. The minimum absolute atomic E-state index is 0.292. The average Bonchev–Trinajstić information content (AvgIpc) is 2.76. The summed E-state index contributed by atoms with van der Waals surface area (Å²) in [5.74, 6) is 0.427. The fourth-order valence-corrected chi connectivity index (χ4v) is 4.23. The molecule has 2 aromatic carbocycles. The molecule has 0 spiro atoms. The van der Waals surface area contributed by atoms with Gasteiger partial charge in [0.25, 0.3) is 0 Å². The second-order valence-corrected chi connectivity index (χ2v) is 7.97. The van der Waals surface area contributed by atoms with Gasteiger partial charge >= 0.3 is 5.97 Å². The summed E-state index contributed by atoms with van der Waals surface area (Å²) >= 11 is 0. The number of carboxylic acids is 1. The van der Waals surface area contributed by atoms with Crippen LogP contribution in [0.2, 0.25) is 0 Å². The van der Waals surface area contributed by atoms with Gasteiger partial charge in [0, 0.05) is 18.2 Å². The molecule has 154 valence electrons. The minimum atomic E-state index is -0.688. The van der Waals surface area contributed by atoms with Crippen molar-refractivity contribution in [1.29, 1.82) is 0 Å². The highest BCUT2D eigenvalue weighted by molar-refractivity contribution is 5.67. The van der Waals surface area contributed by atoms with E-state index in [4.69, 9.17) is 5.11 Å². The predicted molar refractivity (Wildman–Crippen MR) is 116 cm³/mol. The molecule has 1 saturated carbocycles. The maximum Gasteiger partial charge on any atom is 0.303 e. The van der Waals surface area contributed by atoms with Gasteiger partial charge in [0.05, 0.1) is 5.69 Å². The summed E-state index contributed by atoms with van der Waals surface area (Å²) < 4.78 is 13.8. The lowest BCUT2D eigenvalue weighted by atomic mass is 9.77. The van der Waals surface area contributed by atoms with Crippen LogP contribution < -0.4 is 5.32 Å². The third-order valence-corrected chi connectivity index (χ3v) is 5.93. The molecule has 0 saturated heterocycles. The van der Waals surface area contributed by atoms with E-state index in [1.807, 2.05) is 12.1 Å². The molecule has 1 aromatic heterocycles. The topological polar surface area (TPSA) is 62.2 Å². The van der Waals surface area contributed by atoms with E-state index in [2.05, 4.69) is 34.6 Å². The number of aliphatic carboxylic acids is 1. The van der Waals surface area contributed by atoms with Crippen molar-refractivity contribution >= 4 is 17.5 Å². The molecule has 5 heteroatoms. The molecule has 30 heavy (non-hydrogen) atoms. The Morgan fingerprint density at radius 1 is 0.967 bits per heavy atom. The number of carbonyl (C=O) groups is 1. The number of nitrogens with zero attached hydrogens (tertiary/aromatic N) is 1. The lowest BCUT2D eigenvalue weighted by molar-refractivity contribution is -0.138. The van der Waals surface area contributed by atoms with Crippen LogP contribution in [-0.4, -0.2) is 16.1 Å². The van der Waals surface area contributed by atoms with Crippen molar-refractivity contribution in [2.24, 2.45) is 5.92 Å². The SMILES string of the molecule is O=C(O)CC1CCC(c2ccc(-c3ccc(Nc4ccccc4F)nc3)cc2)CC1. The molecule has 2 N–H and O–H groups in total.